The van der Waals surface area contributed by atoms with Crippen molar-refractivity contribution in [1.29, 1.82) is 0 Å². The SMILES string of the molecule is c1cc(C2CCCCCCCCCC2)n(C2CCCCCCCCC2)c1. The number of hydrogen-bond donors (Lipinski definition) is 0. The zero-order valence-electron chi connectivity index (χ0n) is 17.3. The Labute approximate surface area is 163 Å². The van der Waals surface area contributed by atoms with Crippen LogP contribution in [0.25, 0.3) is 0 Å². The summed E-state index contributed by atoms with van der Waals surface area (Å²) in [6, 6.07) is 5.60. The van der Waals surface area contributed by atoms with E-state index < -0.39 is 0 Å². The number of aromatic nitrogens is 1. The van der Waals surface area contributed by atoms with Gasteiger partial charge < -0.3 is 4.57 Å². The highest BCUT2D eigenvalue weighted by atomic mass is 15.0. The highest BCUT2D eigenvalue weighted by molar-refractivity contribution is 5.14. The second-order valence-corrected chi connectivity index (χ2v) is 9.15. The molecule has 0 aliphatic heterocycles. The van der Waals surface area contributed by atoms with Gasteiger partial charge in [0, 0.05) is 17.9 Å². The van der Waals surface area contributed by atoms with Gasteiger partial charge in [-0.1, -0.05) is 96.3 Å². The van der Waals surface area contributed by atoms with Crippen molar-refractivity contribution in [1.82, 2.24) is 4.57 Å². The second kappa shape index (κ2) is 11.9. The molecule has 2 saturated carbocycles. The van der Waals surface area contributed by atoms with E-state index in [-0.39, 0.29) is 0 Å². The Balaban J connectivity index is 1.67. The fourth-order valence-corrected chi connectivity index (χ4v) is 5.43. The Morgan fingerprint density at radius 1 is 0.538 bits per heavy atom. The normalized spacial score (nSPS) is 24.0. The van der Waals surface area contributed by atoms with Gasteiger partial charge in [-0.25, -0.2) is 0 Å². The zero-order chi connectivity index (χ0) is 17.9. The van der Waals surface area contributed by atoms with Gasteiger partial charge in [0.15, 0.2) is 0 Å². The van der Waals surface area contributed by atoms with Crippen LogP contribution in [0, 0.1) is 0 Å². The van der Waals surface area contributed by atoms with Gasteiger partial charge in [-0.15, -0.1) is 0 Å². The molecule has 0 radical (unpaired) electrons. The molecule has 0 spiro atoms. The van der Waals surface area contributed by atoms with Crippen molar-refractivity contribution in [2.45, 2.75) is 134 Å². The van der Waals surface area contributed by atoms with Crippen LogP contribution < -0.4 is 0 Å². The number of nitrogens with zero attached hydrogens (tertiary/aromatic N) is 1. The predicted molar refractivity (Wildman–Crippen MR) is 114 cm³/mol. The van der Waals surface area contributed by atoms with Crippen LogP contribution in [0.3, 0.4) is 0 Å². The van der Waals surface area contributed by atoms with Crippen LogP contribution in [0.2, 0.25) is 0 Å². The molecule has 0 aromatic carbocycles. The average Bonchev–Trinajstić information content (AvgIpc) is 3.12. The van der Waals surface area contributed by atoms with Gasteiger partial charge in [0.25, 0.3) is 0 Å². The molecular weight excluding hydrogens is 314 g/mol. The van der Waals surface area contributed by atoms with Crippen LogP contribution in [0.15, 0.2) is 18.3 Å². The molecule has 0 bridgehead atoms. The minimum atomic E-state index is 0.774. The molecule has 148 valence electrons. The lowest BCUT2D eigenvalue weighted by Gasteiger charge is -2.27. The molecule has 1 aromatic rings. The van der Waals surface area contributed by atoms with E-state index >= 15 is 0 Å². The molecule has 0 amide bonds. The monoisotopic (exact) mass is 357 g/mol. The second-order valence-electron chi connectivity index (χ2n) is 9.15. The highest BCUT2D eigenvalue weighted by Crippen LogP contribution is 2.34. The van der Waals surface area contributed by atoms with Crippen molar-refractivity contribution >= 4 is 0 Å². The first kappa shape index (κ1) is 20.0. The van der Waals surface area contributed by atoms with Crippen LogP contribution in [-0.2, 0) is 0 Å². The van der Waals surface area contributed by atoms with Crippen molar-refractivity contribution < 1.29 is 0 Å². The van der Waals surface area contributed by atoms with Crippen LogP contribution >= 0.6 is 0 Å². The largest absolute Gasteiger partial charge is 0.348 e. The minimum absolute atomic E-state index is 0.774. The van der Waals surface area contributed by atoms with Crippen LogP contribution in [0.5, 0.6) is 0 Å². The molecule has 2 aliphatic carbocycles. The van der Waals surface area contributed by atoms with Gasteiger partial charge >= 0.3 is 0 Å². The van der Waals surface area contributed by atoms with Crippen LogP contribution in [0.1, 0.15) is 140 Å². The maximum absolute atomic E-state index is 2.74. The Morgan fingerprint density at radius 2 is 0.962 bits per heavy atom. The number of hydrogen-bond acceptors (Lipinski definition) is 0. The Hall–Kier alpha value is -0.720. The lowest BCUT2D eigenvalue weighted by atomic mass is 9.91. The van der Waals surface area contributed by atoms with E-state index in [9.17, 15) is 0 Å². The molecule has 1 nitrogen and oxygen atoms in total. The van der Waals surface area contributed by atoms with Gasteiger partial charge in [0.2, 0.25) is 0 Å². The molecule has 1 aromatic heterocycles. The fourth-order valence-electron chi connectivity index (χ4n) is 5.43. The first-order valence-corrected chi connectivity index (χ1v) is 12.1. The standard InChI is InChI=1S/C25H43N/c1-2-5-9-13-18-23(17-12-8-4-1)25-21-16-22-26(25)24-19-14-10-6-3-7-11-15-20-24/h16,21-24H,1-15,17-20H2. The van der Waals surface area contributed by atoms with Gasteiger partial charge in [-0.3, -0.25) is 0 Å². The predicted octanol–water partition coefficient (Wildman–Crippen LogP) is 8.55. The molecule has 0 N–H and O–H groups in total. The maximum atomic E-state index is 2.74. The third-order valence-electron chi connectivity index (χ3n) is 7.05. The van der Waals surface area contributed by atoms with E-state index in [1.807, 2.05) is 0 Å². The topological polar surface area (TPSA) is 4.93 Å². The molecule has 0 atom stereocenters. The number of rotatable bonds is 2. The summed E-state index contributed by atoms with van der Waals surface area (Å²) in [6.45, 7) is 0. The van der Waals surface area contributed by atoms with Crippen LogP contribution in [0.4, 0.5) is 0 Å². The fraction of sp³-hybridized carbons (Fsp3) is 0.840. The Kier molecular flexibility index (Phi) is 9.15. The molecule has 2 fully saturated rings. The minimum Gasteiger partial charge on any atom is -0.348 e. The molecular formula is C25H43N. The molecule has 0 unspecified atom stereocenters. The quantitative estimate of drug-likeness (QED) is 0.499. The summed E-state index contributed by atoms with van der Waals surface area (Å²) < 4.78 is 2.74. The van der Waals surface area contributed by atoms with E-state index in [0.29, 0.717) is 0 Å². The Bertz CT molecular complexity index is 452. The van der Waals surface area contributed by atoms with Crippen molar-refractivity contribution in [2.24, 2.45) is 0 Å². The van der Waals surface area contributed by atoms with E-state index in [0.717, 1.165) is 12.0 Å². The summed E-state index contributed by atoms with van der Waals surface area (Å²) in [5, 5.41) is 0. The molecule has 3 rings (SSSR count). The first-order chi connectivity index (χ1) is 12.9. The van der Waals surface area contributed by atoms with Gasteiger partial charge in [0.05, 0.1) is 0 Å². The van der Waals surface area contributed by atoms with Crippen molar-refractivity contribution in [2.75, 3.05) is 0 Å². The third kappa shape index (κ3) is 6.46. The zero-order valence-corrected chi connectivity index (χ0v) is 17.3. The van der Waals surface area contributed by atoms with E-state index in [4.69, 9.17) is 0 Å². The first-order valence-electron chi connectivity index (χ1n) is 12.1. The highest BCUT2D eigenvalue weighted by Gasteiger charge is 2.20. The van der Waals surface area contributed by atoms with Gasteiger partial charge in [0.1, 0.15) is 0 Å². The molecule has 0 saturated heterocycles. The molecule has 26 heavy (non-hydrogen) atoms. The summed E-state index contributed by atoms with van der Waals surface area (Å²) in [4.78, 5) is 0. The lowest BCUT2D eigenvalue weighted by molar-refractivity contribution is 0.363. The van der Waals surface area contributed by atoms with Crippen molar-refractivity contribution in [3.8, 4) is 0 Å². The Morgan fingerprint density at radius 3 is 1.46 bits per heavy atom. The summed E-state index contributed by atoms with van der Waals surface area (Å²) in [6.07, 6.45) is 30.0. The molecule has 1 heteroatoms. The molecule has 2 aliphatic rings. The molecule has 1 heterocycles. The van der Waals surface area contributed by atoms with Crippen molar-refractivity contribution in [3.05, 3.63) is 24.0 Å². The van der Waals surface area contributed by atoms with Gasteiger partial charge in [-0.2, -0.15) is 0 Å². The summed E-state index contributed by atoms with van der Waals surface area (Å²) in [5.74, 6) is 0.818. The van der Waals surface area contributed by atoms with E-state index in [1.54, 1.807) is 5.69 Å². The van der Waals surface area contributed by atoms with E-state index in [2.05, 4.69) is 22.9 Å². The average molecular weight is 358 g/mol. The summed E-state index contributed by atoms with van der Waals surface area (Å²) >= 11 is 0. The van der Waals surface area contributed by atoms with Gasteiger partial charge in [-0.05, 0) is 43.7 Å². The third-order valence-corrected chi connectivity index (χ3v) is 7.05. The smallest absolute Gasteiger partial charge is 0.0333 e. The summed E-state index contributed by atoms with van der Waals surface area (Å²) in [7, 11) is 0. The van der Waals surface area contributed by atoms with E-state index in [1.165, 1.54) is 122 Å². The lowest BCUT2D eigenvalue weighted by Crippen LogP contribution is -2.15. The summed E-state index contributed by atoms with van der Waals surface area (Å²) in [5.41, 5.74) is 1.69. The van der Waals surface area contributed by atoms with Crippen LogP contribution in [-0.4, -0.2) is 4.57 Å². The maximum Gasteiger partial charge on any atom is 0.0333 e. The van der Waals surface area contributed by atoms with Crippen molar-refractivity contribution in [3.63, 3.8) is 0 Å².